The van der Waals surface area contributed by atoms with Crippen LogP contribution in [0.4, 0.5) is 4.39 Å². The first-order chi connectivity index (χ1) is 6.34. The summed E-state index contributed by atoms with van der Waals surface area (Å²) in [7, 11) is 0. The van der Waals surface area contributed by atoms with E-state index in [-0.39, 0.29) is 5.82 Å². The van der Waals surface area contributed by atoms with Gasteiger partial charge in [-0.25, -0.2) is 4.39 Å². The quantitative estimate of drug-likeness (QED) is 0.698. The molecule has 0 saturated heterocycles. The largest absolute Gasteiger partial charge is 0.266 e. The maximum Gasteiger partial charge on any atom is 0.164 e. The Bertz CT molecular complexity index is 324. The van der Waals surface area contributed by atoms with Crippen molar-refractivity contribution in [3.8, 4) is 0 Å². The second-order valence-corrected chi connectivity index (χ2v) is 4.28. The smallest absolute Gasteiger partial charge is 0.164 e. The lowest BCUT2D eigenvalue weighted by Crippen LogP contribution is -2.06. The SMILES string of the molecule is Fc1cnn(CC2CC2)c1C1CC1. The van der Waals surface area contributed by atoms with Gasteiger partial charge in [0.15, 0.2) is 5.82 Å². The number of aromatic nitrogens is 2. The molecule has 2 fully saturated rings. The summed E-state index contributed by atoms with van der Waals surface area (Å²) in [5.74, 6) is 1.15. The minimum atomic E-state index is -0.0943. The Labute approximate surface area is 76.7 Å². The monoisotopic (exact) mass is 180 g/mol. The highest BCUT2D eigenvalue weighted by molar-refractivity contribution is 5.16. The highest BCUT2D eigenvalue weighted by Crippen LogP contribution is 2.42. The number of rotatable bonds is 3. The molecule has 1 heterocycles. The van der Waals surface area contributed by atoms with Crippen LogP contribution in [0.1, 0.15) is 37.3 Å². The number of halogens is 1. The molecular weight excluding hydrogens is 167 g/mol. The molecule has 0 amide bonds. The van der Waals surface area contributed by atoms with E-state index in [1.54, 1.807) is 0 Å². The second-order valence-electron chi connectivity index (χ2n) is 4.28. The van der Waals surface area contributed by atoms with E-state index < -0.39 is 0 Å². The molecule has 2 aliphatic rings. The molecule has 3 heteroatoms. The van der Waals surface area contributed by atoms with Crippen molar-refractivity contribution < 1.29 is 4.39 Å². The van der Waals surface area contributed by atoms with Crippen LogP contribution in [0.15, 0.2) is 6.20 Å². The van der Waals surface area contributed by atoms with E-state index >= 15 is 0 Å². The predicted molar refractivity (Wildman–Crippen MR) is 46.9 cm³/mol. The minimum Gasteiger partial charge on any atom is -0.266 e. The first-order valence-electron chi connectivity index (χ1n) is 5.06. The van der Waals surface area contributed by atoms with Gasteiger partial charge in [-0.3, -0.25) is 4.68 Å². The van der Waals surface area contributed by atoms with Crippen LogP contribution in [0.2, 0.25) is 0 Å². The van der Waals surface area contributed by atoms with E-state index in [1.165, 1.54) is 19.0 Å². The normalized spacial score (nSPS) is 22.2. The molecule has 13 heavy (non-hydrogen) atoms. The van der Waals surface area contributed by atoms with Gasteiger partial charge in [-0.05, 0) is 31.6 Å². The molecule has 2 aliphatic carbocycles. The molecule has 0 N–H and O–H groups in total. The van der Waals surface area contributed by atoms with Crippen molar-refractivity contribution in [2.45, 2.75) is 38.1 Å². The van der Waals surface area contributed by atoms with E-state index in [4.69, 9.17) is 0 Å². The maximum absolute atomic E-state index is 13.3. The van der Waals surface area contributed by atoms with Gasteiger partial charge in [-0.2, -0.15) is 5.10 Å². The summed E-state index contributed by atoms with van der Waals surface area (Å²) in [4.78, 5) is 0. The van der Waals surface area contributed by atoms with Crippen LogP contribution in [0.25, 0.3) is 0 Å². The Morgan fingerprint density at radius 2 is 2.15 bits per heavy atom. The van der Waals surface area contributed by atoms with E-state index in [2.05, 4.69) is 5.10 Å². The van der Waals surface area contributed by atoms with Crippen molar-refractivity contribution in [2.75, 3.05) is 0 Å². The van der Waals surface area contributed by atoms with Gasteiger partial charge >= 0.3 is 0 Å². The molecule has 0 bridgehead atoms. The zero-order valence-electron chi connectivity index (χ0n) is 7.54. The fraction of sp³-hybridized carbons (Fsp3) is 0.700. The van der Waals surface area contributed by atoms with Crippen molar-refractivity contribution in [1.29, 1.82) is 0 Å². The topological polar surface area (TPSA) is 17.8 Å². The zero-order valence-corrected chi connectivity index (χ0v) is 7.54. The Hall–Kier alpha value is -0.860. The molecule has 0 unspecified atom stereocenters. The van der Waals surface area contributed by atoms with Gasteiger partial charge in [0.25, 0.3) is 0 Å². The van der Waals surface area contributed by atoms with Gasteiger partial charge in [0.1, 0.15) is 0 Å². The Morgan fingerprint density at radius 1 is 1.38 bits per heavy atom. The Balaban J connectivity index is 1.88. The molecule has 3 rings (SSSR count). The average molecular weight is 180 g/mol. The van der Waals surface area contributed by atoms with Gasteiger partial charge in [0.2, 0.25) is 0 Å². The summed E-state index contributed by atoms with van der Waals surface area (Å²) in [5, 5.41) is 4.10. The van der Waals surface area contributed by atoms with Gasteiger partial charge in [0.05, 0.1) is 11.9 Å². The fourth-order valence-electron chi connectivity index (χ4n) is 1.83. The molecule has 70 valence electrons. The van der Waals surface area contributed by atoms with E-state index in [1.807, 2.05) is 4.68 Å². The maximum atomic E-state index is 13.3. The molecule has 0 radical (unpaired) electrons. The molecule has 0 aromatic carbocycles. The highest BCUT2D eigenvalue weighted by atomic mass is 19.1. The molecular formula is C10H13FN2. The number of hydrogen-bond acceptors (Lipinski definition) is 1. The fourth-order valence-corrected chi connectivity index (χ4v) is 1.83. The summed E-state index contributed by atoms with van der Waals surface area (Å²) in [5.41, 5.74) is 0.868. The summed E-state index contributed by atoms with van der Waals surface area (Å²) < 4.78 is 15.2. The zero-order chi connectivity index (χ0) is 8.84. The van der Waals surface area contributed by atoms with E-state index in [0.717, 1.165) is 31.0 Å². The molecule has 0 aliphatic heterocycles. The second kappa shape index (κ2) is 2.56. The van der Waals surface area contributed by atoms with Crippen molar-refractivity contribution in [2.24, 2.45) is 5.92 Å². The summed E-state index contributed by atoms with van der Waals surface area (Å²) >= 11 is 0. The molecule has 0 atom stereocenters. The standard InChI is InChI=1S/C10H13FN2/c11-9-5-12-13(6-7-1-2-7)10(9)8-3-4-8/h5,7-8H,1-4,6H2. The van der Waals surface area contributed by atoms with Crippen molar-refractivity contribution >= 4 is 0 Å². The summed E-state index contributed by atoms with van der Waals surface area (Å²) in [6.45, 7) is 0.940. The van der Waals surface area contributed by atoms with Crippen molar-refractivity contribution in [1.82, 2.24) is 9.78 Å². The van der Waals surface area contributed by atoms with Crippen LogP contribution >= 0.6 is 0 Å². The third-order valence-corrected chi connectivity index (χ3v) is 2.93. The molecule has 1 aromatic rings. The van der Waals surface area contributed by atoms with Crippen molar-refractivity contribution in [3.63, 3.8) is 0 Å². The lowest BCUT2D eigenvalue weighted by molar-refractivity contribution is 0.525. The number of hydrogen-bond donors (Lipinski definition) is 0. The van der Waals surface area contributed by atoms with Crippen LogP contribution in [-0.4, -0.2) is 9.78 Å². The van der Waals surface area contributed by atoms with Gasteiger partial charge < -0.3 is 0 Å². The van der Waals surface area contributed by atoms with Crippen LogP contribution < -0.4 is 0 Å². The highest BCUT2D eigenvalue weighted by Gasteiger charge is 2.32. The average Bonchev–Trinajstić information content (AvgIpc) is 2.95. The van der Waals surface area contributed by atoms with Crippen LogP contribution in [0.5, 0.6) is 0 Å². The molecule has 0 spiro atoms. The van der Waals surface area contributed by atoms with Crippen LogP contribution in [-0.2, 0) is 6.54 Å². The minimum absolute atomic E-state index is 0.0943. The van der Waals surface area contributed by atoms with Gasteiger partial charge in [0, 0.05) is 12.5 Å². The number of nitrogens with zero attached hydrogens (tertiary/aromatic N) is 2. The molecule has 2 nitrogen and oxygen atoms in total. The van der Waals surface area contributed by atoms with E-state index in [0.29, 0.717) is 5.92 Å². The third kappa shape index (κ3) is 1.36. The molecule has 1 aromatic heterocycles. The van der Waals surface area contributed by atoms with Crippen LogP contribution in [0, 0.1) is 11.7 Å². The first-order valence-corrected chi connectivity index (χ1v) is 5.06. The lowest BCUT2D eigenvalue weighted by atomic mass is 10.3. The Morgan fingerprint density at radius 3 is 2.77 bits per heavy atom. The summed E-state index contributed by atoms with van der Waals surface area (Å²) in [6.07, 6.45) is 6.26. The van der Waals surface area contributed by atoms with Crippen molar-refractivity contribution in [3.05, 3.63) is 17.7 Å². The predicted octanol–water partition coefficient (Wildman–Crippen LogP) is 2.31. The van der Waals surface area contributed by atoms with Gasteiger partial charge in [-0.1, -0.05) is 0 Å². The first kappa shape index (κ1) is 7.54. The Kier molecular flexibility index (Phi) is 1.49. The lowest BCUT2D eigenvalue weighted by Gasteiger charge is -2.04. The van der Waals surface area contributed by atoms with Crippen LogP contribution in [0.3, 0.4) is 0 Å². The summed E-state index contributed by atoms with van der Waals surface area (Å²) in [6, 6.07) is 0. The molecule has 2 saturated carbocycles. The van der Waals surface area contributed by atoms with E-state index in [9.17, 15) is 4.39 Å². The van der Waals surface area contributed by atoms with Gasteiger partial charge in [-0.15, -0.1) is 0 Å². The third-order valence-electron chi connectivity index (χ3n) is 2.93.